The molecule has 2 aliphatic rings. The van der Waals surface area contributed by atoms with Crippen LogP contribution in [0.25, 0.3) is 0 Å². The number of cyclic esters (lactones) is 1. The van der Waals surface area contributed by atoms with Gasteiger partial charge in [-0.15, -0.1) is 0 Å². The zero-order valence-electron chi connectivity index (χ0n) is 7.59. The third-order valence-electron chi connectivity index (χ3n) is 3.28. The van der Waals surface area contributed by atoms with E-state index in [9.17, 15) is 4.79 Å². The number of hydrogen-bond acceptors (Lipinski definition) is 2. The van der Waals surface area contributed by atoms with E-state index in [2.05, 4.69) is 12.2 Å². The van der Waals surface area contributed by atoms with E-state index in [1.807, 2.05) is 6.92 Å². The smallest absolute Gasteiger partial charge is 0.407 e. The van der Waals surface area contributed by atoms with Crippen molar-refractivity contribution < 1.29 is 9.53 Å². The molecule has 2 rings (SSSR count). The molecule has 0 spiro atoms. The molecule has 1 saturated carbocycles. The molecule has 0 unspecified atom stereocenters. The van der Waals surface area contributed by atoms with Crippen molar-refractivity contribution in [3.63, 3.8) is 0 Å². The lowest BCUT2D eigenvalue weighted by Crippen LogP contribution is -2.57. The highest BCUT2D eigenvalue weighted by molar-refractivity contribution is 5.69. The predicted octanol–water partition coefficient (Wildman–Crippen LogP) is 1.67. The third kappa shape index (κ3) is 0.993. The first kappa shape index (κ1) is 7.90. The highest BCUT2D eigenvalue weighted by Crippen LogP contribution is 2.40. The summed E-state index contributed by atoms with van der Waals surface area (Å²) >= 11 is 0. The maximum atomic E-state index is 11.1. The summed E-state index contributed by atoms with van der Waals surface area (Å²) in [6.45, 7) is 4.12. The molecule has 0 aromatic carbocycles. The number of alkyl carbamates (subject to hydrolysis) is 1. The van der Waals surface area contributed by atoms with Crippen LogP contribution >= 0.6 is 0 Å². The van der Waals surface area contributed by atoms with Gasteiger partial charge in [-0.05, 0) is 26.7 Å². The fraction of sp³-hybridized carbons (Fsp3) is 0.889. The molecule has 1 amide bonds. The molecule has 3 nitrogen and oxygen atoms in total. The Kier molecular flexibility index (Phi) is 1.56. The van der Waals surface area contributed by atoms with Crippen molar-refractivity contribution in [3.05, 3.63) is 0 Å². The van der Waals surface area contributed by atoms with Gasteiger partial charge in [0.25, 0.3) is 0 Å². The molecule has 1 heterocycles. The van der Waals surface area contributed by atoms with Crippen molar-refractivity contribution in [2.24, 2.45) is 5.92 Å². The summed E-state index contributed by atoms with van der Waals surface area (Å²) in [5.41, 5.74) is 0.00868. The second-order valence-corrected chi connectivity index (χ2v) is 4.15. The number of carbonyl (C=O) groups excluding carboxylic acids is 1. The summed E-state index contributed by atoms with van der Waals surface area (Å²) in [4.78, 5) is 11.1. The van der Waals surface area contributed by atoms with Gasteiger partial charge in [0.1, 0.15) is 6.10 Å². The average molecular weight is 169 g/mol. The van der Waals surface area contributed by atoms with Crippen molar-refractivity contribution >= 4 is 6.09 Å². The van der Waals surface area contributed by atoms with E-state index in [1.165, 1.54) is 12.8 Å². The zero-order valence-corrected chi connectivity index (χ0v) is 7.59. The van der Waals surface area contributed by atoms with Crippen LogP contribution in [-0.2, 0) is 4.74 Å². The van der Waals surface area contributed by atoms with Crippen LogP contribution in [0.1, 0.15) is 33.1 Å². The van der Waals surface area contributed by atoms with Gasteiger partial charge in [-0.3, -0.25) is 0 Å². The van der Waals surface area contributed by atoms with Crippen LogP contribution in [0.15, 0.2) is 0 Å². The highest BCUT2D eigenvalue weighted by atomic mass is 16.6. The van der Waals surface area contributed by atoms with Crippen LogP contribution < -0.4 is 5.32 Å². The van der Waals surface area contributed by atoms with Gasteiger partial charge in [-0.2, -0.15) is 0 Å². The van der Waals surface area contributed by atoms with Crippen LogP contribution in [-0.4, -0.2) is 17.7 Å². The van der Waals surface area contributed by atoms with Crippen molar-refractivity contribution in [1.29, 1.82) is 0 Å². The summed E-state index contributed by atoms with van der Waals surface area (Å²) in [5, 5.41) is 2.92. The van der Waals surface area contributed by atoms with Crippen molar-refractivity contribution in [2.75, 3.05) is 0 Å². The molecule has 12 heavy (non-hydrogen) atoms. The van der Waals surface area contributed by atoms with E-state index < -0.39 is 0 Å². The molecule has 3 heteroatoms. The molecule has 0 bridgehead atoms. The van der Waals surface area contributed by atoms with E-state index in [0.29, 0.717) is 5.92 Å². The molecule has 0 aromatic heterocycles. The van der Waals surface area contributed by atoms with Gasteiger partial charge in [0, 0.05) is 11.5 Å². The number of fused-ring (bicyclic) bond motifs is 1. The Labute approximate surface area is 72.5 Å². The average Bonchev–Trinajstić information content (AvgIpc) is 2.29. The predicted molar refractivity (Wildman–Crippen MR) is 44.8 cm³/mol. The molecule has 1 aliphatic heterocycles. The van der Waals surface area contributed by atoms with Crippen LogP contribution in [0.2, 0.25) is 0 Å². The Bertz CT molecular complexity index is 217. The second kappa shape index (κ2) is 2.38. The van der Waals surface area contributed by atoms with E-state index in [0.717, 1.165) is 6.42 Å². The number of amides is 1. The molecule has 1 N–H and O–H groups in total. The van der Waals surface area contributed by atoms with Gasteiger partial charge in [0.2, 0.25) is 0 Å². The summed E-state index contributed by atoms with van der Waals surface area (Å²) in [6, 6.07) is 0. The Hall–Kier alpha value is -0.730. The SMILES string of the molecule is C[C@H]1OC(=O)N[C@]2(C)CCC[C@H]12. The second-order valence-electron chi connectivity index (χ2n) is 4.15. The minimum Gasteiger partial charge on any atom is -0.446 e. The highest BCUT2D eigenvalue weighted by Gasteiger charge is 2.47. The van der Waals surface area contributed by atoms with E-state index >= 15 is 0 Å². The third-order valence-corrected chi connectivity index (χ3v) is 3.28. The molecular weight excluding hydrogens is 154 g/mol. The molecule has 0 aromatic rings. The molecular formula is C9H15NO2. The normalized spacial score (nSPS) is 46.3. The molecule has 2 fully saturated rings. The molecule has 0 radical (unpaired) electrons. The summed E-state index contributed by atoms with van der Waals surface area (Å²) in [7, 11) is 0. The Morgan fingerprint density at radius 2 is 2.42 bits per heavy atom. The lowest BCUT2D eigenvalue weighted by molar-refractivity contribution is 0.00852. The van der Waals surface area contributed by atoms with Crippen LogP contribution in [0.3, 0.4) is 0 Å². The molecule has 68 valence electrons. The van der Waals surface area contributed by atoms with E-state index in [1.54, 1.807) is 0 Å². The fourth-order valence-corrected chi connectivity index (χ4v) is 2.61. The first-order chi connectivity index (χ1) is 5.62. The maximum absolute atomic E-state index is 11.1. The summed E-state index contributed by atoms with van der Waals surface area (Å²) in [6.07, 6.45) is 3.32. The Morgan fingerprint density at radius 3 is 3.17 bits per heavy atom. The van der Waals surface area contributed by atoms with Crippen molar-refractivity contribution in [3.8, 4) is 0 Å². The topological polar surface area (TPSA) is 38.3 Å². The van der Waals surface area contributed by atoms with Crippen LogP contribution in [0, 0.1) is 5.92 Å². The lowest BCUT2D eigenvalue weighted by Gasteiger charge is -2.40. The fourth-order valence-electron chi connectivity index (χ4n) is 2.61. The minimum atomic E-state index is -0.247. The number of rotatable bonds is 0. The van der Waals surface area contributed by atoms with Gasteiger partial charge >= 0.3 is 6.09 Å². The summed E-state index contributed by atoms with van der Waals surface area (Å²) < 4.78 is 5.12. The van der Waals surface area contributed by atoms with Gasteiger partial charge < -0.3 is 10.1 Å². The lowest BCUT2D eigenvalue weighted by atomic mass is 9.84. The van der Waals surface area contributed by atoms with Crippen molar-refractivity contribution in [1.82, 2.24) is 5.32 Å². The van der Waals surface area contributed by atoms with Gasteiger partial charge in [0.05, 0.1) is 0 Å². The first-order valence-corrected chi connectivity index (χ1v) is 4.61. The van der Waals surface area contributed by atoms with E-state index in [4.69, 9.17) is 4.74 Å². The first-order valence-electron chi connectivity index (χ1n) is 4.61. The largest absolute Gasteiger partial charge is 0.446 e. The monoisotopic (exact) mass is 169 g/mol. The number of ether oxygens (including phenoxy) is 1. The van der Waals surface area contributed by atoms with Gasteiger partial charge in [-0.1, -0.05) is 6.42 Å². The number of carbonyl (C=O) groups is 1. The zero-order chi connectivity index (χ0) is 8.77. The quantitative estimate of drug-likeness (QED) is 0.599. The number of nitrogens with one attached hydrogen (secondary N) is 1. The maximum Gasteiger partial charge on any atom is 0.407 e. The molecule has 1 aliphatic carbocycles. The van der Waals surface area contributed by atoms with Gasteiger partial charge in [0.15, 0.2) is 0 Å². The van der Waals surface area contributed by atoms with Gasteiger partial charge in [-0.25, -0.2) is 4.79 Å². The van der Waals surface area contributed by atoms with Crippen LogP contribution in [0.4, 0.5) is 4.79 Å². The number of hydrogen-bond donors (Lipinski definition) is 1. The minimum absolute atomic E-state index is 0.00868. The van der Waals surface area contributed by atoms with E-state index in [-0.39, 0.29) is 17.7 Å². The van der Waals surface area contributed by atoms with Crippen molar-refractivity contribution in [2.45, 2.75) is 44.8 Å². The Balaban J connectivity index is 2.22. The van der Waals surface area contributed by atoms with Crippen LogP contribution in [0.5, 0.6) is 0 Å². The Morgan fingerprint density at radius 1 is 1.67 bits per heavy atom. The summed E-state index contributed by atoms with van der Waals surface area (Å²) in [5.74, 6) is 0.509. The molecule has 1 saturated heterocycles. The standard InChI is InChI=1S/C9H15NO2/c1-6-7-4-3-5-9(7,2)10-8(11)12-6/h6-7H,3-5H2,1-2H3,(H,10,11)/t6-,7-,9-/m1/s1. The molecule has 3 atom stereocenters.